The van der Waals surface area contributed by atoms with Crippen LogP contribution in [0.25, 0.3) is 0 Å². The van der Waals surface area contributed by atoms with E-state index >= 15 is 0 Å². The highest BCUT2D eigenvalue weighted by atomic mass is 16.6. The van der Waals surface area contributed by atoms with Gasteiger partial charge in [0.1, 0.15) is 6.61 Å². The van der Waals surface area contributed by atoms with Crippen LogP contribution in [0.5, 0.6) is 0 Å². The first-order valence-electron chi connectivity index (χ1n) is 5.43. The molecular formula is C10H20N2O3. The van der Waals surface area contributed by atoms with Gasteiger partial charge in [0.2, 0.25) is 0 Å². The van der Waals surface area contributed by atoms with E-state index in [4.69, 9.17) is 9.47 Å². The third kappa shape index (κ3) is 4.99. The molecule has 0 aromatic carbocycles. The Hall–Kier alpha value is -0.810. The van der Waals surface area contributed by atoms with Gasteiger partial charge in [-0.05, 0) is 0 Å². The van der Waals surface area contributed by atoms with Crippen molar-refractivity contribution in [3.05, 3.63) is 0 Å². The summed E-state index contributed by atoms with van der Waals surface area (Å²) in [7, 11) is 0. The van der Waals surface area contributed by atoms with Gasteiger partial charge in [0, 0.05) is 25.7 Å². The average Bonchev–Trinajstić information content (AvgIpc) is 2.25. The fourth-order valence-electron chi connectivity index (χ4n) is 1.32. The lowest BCUT2D eigenvalue weighted by Gasteiger charge is -2.26. The highest BCUT2D eigenvalue weighted by Crippen LogP contribution is 1.99. The Bertz CT molecular complexity index is 191. The molecule has 1 aliphatic rings. The van der Waals surface area contributed by atoms with Gasteiger partial charge in [-0.15, -0.1) is 0 Å². The molecule has 0 spiro atoms. The van der Waals surface area contributed by atoms with E-state index in [0.717, 1.165) is 0 Å². The molecule has 0 radical (unpaired) electrons. The summed E-state index contributed by atoms with van der Waals surface area (Å²) in [6.07, 6.45) is -0.233. The summed E-state index contributed by atoms with van der Waals surface area (Å²) in [6.45, 7) is 7.74. The SMILES string of the molecule is CC(C)NCCOC(=O)N1CCOCC1. The quantitative estimate of drug-likeness (QED) is 0.693. The van der Waals surface area contributed by atoms with Gasteiger partial charge in [0.25, 0.3) is 0 Å². The monoisotopic (exact) mass is 216 g/mol. The molecule has 1 heterocycles. The predicted molar refractivity (Wildman–Crippen MR) is 56.9 cm³/mol. The third-order valence-electron chi connectivity index (χ3n) is 2.15. The third-order valence-corrected chi connectivity index (χ3v) is 2.15. The van der Waals surface area contributed by atoms with Gasteiger partial charge in [-0.3, -0.25) is 0 Å². The van der Waals surface area contributed by atoms with Crippen molar-refractivity contribution >= 4 is 6.09 Å². The van der Waals surface area contributed by atoms with Gasteiger partial charge in [-0.1, -0.05) is 13.8 Å². The zero-order chi connectivity index (χ0) is 11.1. The fourth-order valence-corrected chi connectivity index (χ4v) is 1.32. The number of hydrogen-bond acceptors (Lipinski definition) is 4. The van der Waals surface area contributed by atoms with Crippen molar-refractivity contribution in [3.8, 4) is 0 Å². The minimum atomic E-state index is -0.233. The lowest BCUT2D eigenvalue weighted by molar-refractivity contribution is 0.0274. The minimum absolute atomic E-state index is 0.233. The zero-order valence-electron chi connectivity index (χ0n) is 9.49. The Morgan fingerprint density at radius 3 is 2.73 bits per heavy atom. The van der Waals surface area contributed by atoms with Crippen LogP contribution in [0, 0.1) is 0 Å². The second-order valence-corrected chi connectivity index (χ2v) is 3.82. The molecule has 0 aromatic heterocycles. The standard InChI is InChI=1S/C10H20N2O3/c1-9(2)11-3-6-15-10(13)12-4-7-14-8-5-12/h9,11H,3-8H2,1-2H3. The van der Waals surface area contributed by atoms with Gasteiger partial charge >= 0.3 is 6.09 Å². The van der Waals surface area contributed by atoms with Gasteiger partial charge in [-0.25, -0.2) is 4.79 Å². The first kappa shape index (κ1) is 12.3. The Morgan fingerprint density at radius 1 is 1.47 bits per heavy atom. The molecule has 0 unspecified atom stereocenters. The second-order valence-electron chi connectivity index (χ2n) is 3.82. The summed E-state index contributed by atoms with van der Waals surface area (Å²) < 4.78 is 10.2. The van der Waals surface area contributed by atoms with Crippen molar-refractivity contribution in [2.45, 2.75) is 19.9 Å². The van der Waals surface area contributed by atoms with Crippen LogP contribution in [0.1, 0.15) is 13.8 Å². The van der Waals surface area contributed by atoms with Gasteiger partial charge < -0.3 is 19.7 Å². The average molecular weight is 216 g/mol. The van der Waals surface area contributed by atoms with E-state index < -0.39 is 0 Å². The van der Waals surface area contributed by atoms with Gasteiger partial charge in [0.15, 0.2) is 0 Å². The van der Waals surface area contributed by atoms with E-state index in [1.807, 2.05) is 0 Å². The van der Waals surface area contributed by atoms with Crippen LogP contribution in [-0.2, 0) is 9.47 Å². The van der Waals surface area contributed by atoms with Crippen LogP contribution in [-0.4, -0.2) is 56.5 Å². The highest BCUT2D eigenvalue weighted by molar-refractivity contribution is 5.67. The molecule has 1 N–H and O–H groups in total. The number of amides is 1. The number of nitrogens with one attached hydrogen (secondary N) is 1. The van der Waals surface area contributed by atoms with Crippen molar-refractivity contribution in [1.82, 2.24) is 10.2 Å². The molecule has 1 amide bonds. The summed E-state index contributed by atoms with van der Waals surface area (Å²) in [5.41, 5.74) is 0. The van der Waals surface area contributed by atoms with Crippen LogP contribution in [0.2, 0.25) is 0 Å². The summed E-state index contributed by atoms with van der Waals surface area (Å²) in [5, 5.41) is 3.18. The molecule has 1 rings (SSSR count). The maximum atomic E-state index is 11.5. The predicted octanol–water partition coefficient (Wildman–Crippen LogP) is 0.453. The lowest BCUT2D eigenvalue weighted by atomic mass is 10.4. The van der Waals surface area contributed by atoms with Crippen LogP contribution in [0.3, 0.4) is 0 Å². The van der Waals surface area contributed by atoms with E-state index in [1.165, 1.54) is 0 Å². The number of carbonyl (C=O) groups excluding carboxylic acids is 1. The van der Waals surface area contributed by atoms with Gasteiger partial charge in [-0.2, -0.15) is 0 Å². The van der Waals surface area contributed by atoms with Crippen LogP contribution in [0.15, 0.2) is 0 Å². The molecular weight excluding hydrogens is 196 g/mol. The van der Waals surface area contributed by atoms with Crippen molar-refractivity contribution in [3.63, 3.8) is 0 Å². The van der Waals surface area contributed by atoms with Crippen molar-refractivity contribution in [2.75, 3.05) is 39.5 Å². The molecule has 15 heavy (non-hydrogen) atoms. The molecule has 88 valence electrons. The van der Waals surface area contributed by atoms with Crippen molar-refractivity contribution in [1.29, 1.82) is 0 Å². The summed E-state index contributed by atoms with van der Waals surface area (Å²) in [4.78, 5) is 13.1. The molecule has 5 nitrogen and oxygen atoms in total. The molecule has 0 bridgehead atoms. The Morgan fingerprint density at radius 2 is 2.13 bits per heavy atom. The number of hydrogen-bond donors (Lipinski definition) is 1. The Labute approximate surface area is 90.7 Å². The molecule has 0 aliphatic carbocycles. The molecule has 5 heteroatoms. The Kier molecular flexibility index (Phi) is 5.42. The molecule has 1 aliphatic heterocycles. The molecule has 1 saturated heterocycles. The van der Waals surface area contributed by atoms with Crippen LogP contribution in [0.4, 0.5) is 4.79 Å². The largest absolute Gasteiger partial charge is 0.448 e. The van der Waals surface area contributed by atoms with Crippen LogP contribution >= 0.6 is 0 Å². The number of rotatable bonds is 4. The van der Waals surface area contributed by atoms with E-state index in [2.05, 4.69) is 19.2 Å². The van der Waals surface area contributed by atoms with E-state index in [1.54, 1.807) is 4.90 Å². The fraction of sp³-hybridized carbons (Fsp3) is 0.900. The zero-order valence-corrected chi connectivity index (χ0v) is 9.49. The molecule has 1 fully saturated rings. The number of morpholine rings is 1. The van der Waals surface area contributed by atoms with Crippen LogP contribution < -0.4 is 5.32 Å². The first-order chi connectivity index (χ1) is 7.20. The maximum absolute atomic E-state index is 11.5. The van der Waals surface area contributed by atoms with E-state index in [0.29, 0.717) is 45.5 Å². The van der Waals surface area contributed by atoms with Gasteiger partial charge in [0.05, 0.1) is 13.2 Å². The summed E-state index contributed by atoms with van der Waals surface area (Å²) in [6, 6.07) is 0.423. The highest BCUT2D eigenvalue weighted by Gasteiger charge is 2.17. The maximum Gasteiger partial charge on any atom is 0.409 e. The summed E-state index contributed by atoms with van der Waals surface area (Å²) >= 11 is 0. The molecule has 0 saturated carbocycles. The topological polar surface area (TPSA) is 50.8 Å². The van der Waals surface area contributed by atoms with Crippen molar-refractivity contribution < 1.29 is 14.3 Å². The van der Waals surface area contributed by atoms with E-state index in [-0.39, 0.29) is 6.09 Å². The number of ether oxygens (including phenoxy) is 2. The Balaban J connectivity index is 2.07. The van der Waals surface area contributed by atoms with E-state index in [9.17, 15) is 4.79 Å². The minimum Gasteiger partial charge on any atom is -0.448 e. The summed E-state index contributed by atoms with van der Waals surface area (Å²) in [5.74, 6) is 0. The second kappa shape index (κ2) is 6.63. The number of nitrogens with zero attached hydrogens (tertiary/aromatic N) is 1. The smallest absolute Gasteiger partial charge is 0.409 e. The van der Waals surface area contributed by atoms with Crippen molar-refractivity contribution in [2.24, 2.45) is 0 Å². The number of carbonyl (C=O) groups is 1. The normalized spacial score (nSPS) is 16.9. The lowest BCUT2D eigenvalue weighted by Crippen LogP contribution is -2.41. The first-order valence-corrected chi connectivity index (χ1v) is 5.43. The molecule has 0 aromatic rings. The molecule has 0 atom stereocenters.